The summed E-state index contributed by atoms with van der Waals surface area (Å²) in [6.07, 6.45) is 1.77. The molecule has 2 aromatic carbocycles. The van der Waals surface area contributed by atoms with Crippen LogP contribution < -0.4 is 10.6 Å². The van der Waals surface area contributed by atoms with E-state index in [9.17, 15) is 19.5 Å². The van der Waals surface area contributed by atoms with Crippen molar-refractivity contribution in [3.8, 4) is 11.1 Å². The number of hydrogen-bond acceptors (Lipinski definition) is 4. The summed E-state index contributed by atoms with van der Waals surface area (Å²) in [6, 6.07) is 16.2. The zero-order valence-corrected chi connectivity index (χ0v) is 19.0. The Morgan fingerprint density at radius 2 is 1.55 bits per heavy atom. The Kier molecular flexibility index (Phi) is 6.15. The van der Waals surface area contributed by atoms with Gasteiger partial charge in [0, 0.05) is 12.5 Å². The second kappa shape index (κ2) is 8.89. The van der Waals surface area contributed by atoms with Gasteiger partial charge in [-0.25, -0.2) is 9.59 Å². The molecule has 7 heteroatoms. The molecule has 0 atom stereocenters. The van der Waals surface area contributed by atoms with Crippen LogP contribution in [0.25, 0.3) is 11.1 Å². The van der Waals surface area contributed by atoms with E-state index in [1.54, 1.807) is 13.8 Å². The van der Waals surface area contributed by atoms with E-state index < -0.39 is 28.9 Å². The van der Waals surface area contributed by atoms with Gasteiger partial charge in [-0.1, -0.05) is 61.4 Å². The molecule has 2 aliphatic rings. The Balaban J connectivity index is 1.34. The molecule has 1 fully saturated rings. The molecule has 0 radical (unpaired) electrons. The van der Waals surface area contributed by atoms with Crippen molar-refractivity contribution in [2.75, 3.05) is 13.2 Å². The largest absolute Gasteiger partial charge is 0.480 e. The molecule has 0 unspecified atom stereocenters. The molecule has 0 spiro atoms. The Morgan fingerprint density at radius 1 is 1.00 bits per heavy atom. The van der Waals surface area contributed by atoms with Crippen LogP contribution in [-0.2, 0) is 14.3 Å². The van der Waals surface area contributed by atoms with Crippen molar-refractivity contribution < 1.29 is 24.2 Å². The van der Waals surface area contributed by atoms with E-state index >= 15 is 0 Å². The third-order valence-electron chi connectivity index (χ3n) is 6.85. The smallest absolute Gasteiger partial charge is 0.407 e. The predicted molar refractivity (Wildman–Crippen MR) is 124 cm³/mol. The van der Waals surface area contributed by atoms with Gasteiger partial charge in [0.2, 0.25) is 5.91 Å². The van der Waals surface area contributed by atoms with Crippen LogP contribution in [0.3, 0.4) is 0 Å². The maximum Gasteiger partial charge on any atom is 0.407 e. The standard InChI is InChI=1S/C26H30N2O5/c1-25(2,22(29)28-26(23(30)31)13-7-8-14-26)16-27-24(32)33-15-21-19-11-5-3-9-17(19)18-10-4-6-12-20(18)21/h3-6,9-12,21H,7-8,13-16H2,1-2H3,(H,27,32)(H,28,29)(H,30,31). The Hall–Kier alpha value is -3.35. The van der Waals surface area contributed by atoms with E-state index in [0.29, 0.717) is 12.8 Å². The third kappa shape index (κ3) is 4.45. The fourth-order valence-electron chi connectivity index (χ4n) is 4.78. The summed E-state index contributed by atoms with van der Waals surface area (Å²) in [5.74, 6) is -1.45. The number of fused-ring (bicyclic) bond motifs is 3. The molecule has 7 nitrogen and oxygen atoms in total. The van der Waals surface area contributed by atoms with Crippen LogP contribution in [0.15, 0.2) is 48.5 Å². The van der Waals surface area contributed by atoms with E-state index in [1.165, 1.54) is 0 Å². The summed E-state index contributed by atoms with van der Waals surface area (Å²) in [6.45, 7) is 3.58. The van der Waals surface area contributed by atoms with Crippen molar-refractivity contribution in [2.24, 2.45) is 5.41 Å². The molecule has 0 aromatic heterocycles. The SMILES string of the molecule is CC(C)(CNC(=O)OCC1c2ccccc2-c2ccccc21)C(=O)NC1(C(=O)O)CCCC1. The first-order valence-corrected chi connectivity index (χ1v) is 11.4. The molecule has 1 saturated carbocycles. The molecule has 0 aliphatic heterocycles. The van der Waals surface area contributed by atoms with Gasteiger partial charge in [-0.3, -0.25) is 4.79 Å². The van der Waals surface area contributed by atoms with Crippen LogP contribution in [0.2, 0.25) is 0 Å². The van der Waals surface area contributed by atoms with E-state index in [0.717, 1.165) is 35.1 Å². The number of carbonyl (C=O) groups excluding carboxylic acids is 2. The van der Waals surface area contributed by atoms with E-state index in [4.69, 9.17) is 4.74 Å². The topological polar surface area (TPSA) is 105 Å². The number of hydrogen-bond donors (Lipinski definition) is 3. The van der Waals surface area contributed by atoms with Crippen LogP contribution >= 0.6 is 0 Å². The number of ether oxygens (including phenoxy) is 1. The predicted octanol–water partition coefficient (Wildman–Crippen LogP) is 4.06. The van der Waals surface area contributed by atoms with Crippen molar-refractivity contribution in [1.29, 1.82) is 0 Å². The quantitative estimate of drug-likeness (QED) is 0.590. The number of alkyl carbamates (subject to hydrolysis) is 1. The lowest BCUT2D eigenvalue weighted by Crippen LogP contribution is -2.57. The number of amides is 2. The summed E-state index contributed by atoms with van der Waals surface area (Å²) in [7, 11) is 0. The number of carboxylic acid groups (broad SMARTS) is 1. The maximum atomic E-state index is 12.8. The van der Waals surface area contributed by atoms with Crippen LogP contribution in [0, 0.1) is 5.41 Å². The van der Waals surface area contributed by atoms with Crippen molar-refractivity contribution in [2.45, 2.75) is 51.0 Å². The molecule has 4 rings (SSSR count). The van der Waals surface area contributed by atoms with E-state index in [1.807, 2.05) is 24.3 Å². The molecule has 174 valence electrons. The fraction of sp³-hybridized carbons (Fsp3) is 0.423. The van der Waals surface area contributed by atoms with E-state index in [-0.39, 0.29) is 19.1 Å². The molecule has 0 heterocycles. The highest BCUT2D eigenvalue weighted by molar-refractivity contribution is 5.90. The minimum Gasteiger partial charge on any atom is -0.480 e. The highest BCUT2D eigenvalue weighted by Gasteiger charge is 2.45. The van der Waals surface area contributed by atoms with Gasteiger partial charge in [-0.2, -0.15) is 0 Å². The molecular weight excluding hydrogens is 420 g/mol. The lowest BCUT2D eigenvalue weighted by atomic mass is 9.89. The van der Waals surface area contributed by atoms with Gasteiger partial charge in [0.25, 0.3) is 0 Å². The van der Waals surface area contributed by atoms with Gasteiger partial charge in [0.15, 0.2) is 0 Å². The first kappa shape index (κ1) is 22.8. The highest BCUT2D eigenvalue weighted by atomic mass is 16.5. The number of benzene rings is 2. The summed E-state index contributed by atoms with van der Waals surface area (Å²) >= 11 is 0. The molecule has 3 N–H and O–H groups in total. The van der Waals surface area contributed by atoms with Crippen LogP contribution in [-0.4, -0.2) is 41.8 Å². The van der Waals surface area contributed by atoms with Gasteiger partial charge in [-0.05, 0) is 48.9 Å². The number of rotatable bonds is 7. The van der Waals surface area contributed by atoms with Gasteiger partial charge in [0.05, 0.1) is 5.41 Å². The second-order valence-electron chi connectivity index (χ2n) is 9.61. The minimum absolute atomic E-state index is 0.0329. The lowest BCUT2D eigenvalue weighted by molar-refractivity contribution is -0.149. The second-order valence-corrected chi connectivity index (χ2v) is 9.61. The summed E-state index contributed by atoms with van der Waals surface area (Å²) in [5.41, 5.74) is 2.36. The average molecular weight is 451 g/mol. The Labute approximate surface area is 193 Å². The molecule has 2 aromatic rings. The highest BCUT2D eigenvalue weighted by Crippen LogP contribution is 2.44. The summed E-state index contributed by atoms with van der Waals surface area (Å²) in [5, 5.41) is 15.0. The van der Waals surface area contributed by atoms with Crippen LogP contribution in [0.4, 0.5) is 4.79 Å². The number of carboxylic acids is 1. The summed E-state index contributed by atoms with van der Waals surface area (Å²) in [4.78, 5) is 37.0. The normalized spacial score (nSPS) is 16.5. The van der Waals surface area contributed by atoms with Gasteiger partial charge < -0.3 is 20.5 Å². The maximum absolute atomic E-state index is 12.8. The molecule has 0 saturated heterocycles. The number of nitrogens with one attached hydrogen (secondary N) is 2. The van der Waals surface area contributed by atoms with Gasteiger partial charge in [-0.15, -0.1) is 0 Å². The van der Waals surface area contributed by atoms with Crippen molar-refractivity contribution in [3.05, 3.63) is 59.7 Å². The van der Waals surface area contributed by atoms with Crippen molar-refractivity contribution in [3.63, 3.8) is 0 Å². The first-order valence-electron chi connectivity index (χ1n) is 11.4. The first-order chi connectivity index (χ1) is 15.7. The molecule has 33 heavy (non-hydrogen) atoms. The zero-order chi connectivity index (χ0) is 23.6. The summed E-state index contributed by atoms with van der Waals surface area (Å²) < 4.78 is 5.53. The Bertz CT molecular complexity index is 1030. The van der Waals surface area contributed by atoms with Crippen LogP contribution in [0.1, 0.15) is 56.6 Å². The zero-order valence-electron chi connectivity index (χ0n) is 19.0. The van der Waals surface area contributed by atoms with Crippen molar-refractivity contribution in [1.82, 2.24) is 10.6 Å². The molecular formula is C26H30N2O5. The number of carbonyl (C=O) groups is 3. The number of aliphatic carboxylic acids is 1. The van der Waals surface area contributed by atoms with Gasteiger partial charge in [0.1, 0.15) is 12.1 Å². The molecule has 2 aliphatic carbocycles. The van der Waals surface area contributed by atoms with Gasteiger partial charge >= 0.3 is 12.1 Å². The third-order valence-corrected chi connectivity index (χ3v) is 6.85. The molecule has 2 amide bonds. The monoisotopic (exact) mass is 450 g/mol. The molecule has 0 bridgehead atoms. The Morgan fingerprint density at radius 3 is 2.09 bits per heavy atom. The minimum atomic E-state index is -1.21. The van der Waals surface area contributed by atoms with Crippen LogP contribution in [0.5, 0.6) is 0 Å². The fourth-order valence-corrected chi connectivity index (χ4v) is 4.78. The average Bonchev–Trinajstić information content (AvgIpc) is 3.40. The lowest BCUT2D eigenvalue weighted by Gasteiger charge is -2.31. The van der Waals surface area contributed by atoms with Crippen molar-refractivity contribution >= 4 is 18.0 Å². The van der Waals surface area contributed by atoms with E-state index in [2.05, 4.69) is 34.9 Å².